The van der Waals surface area contributed by atoms with Gasteiger partial charge in [0.05, 0.1) is 12.6 Å². The summed E-state index contributed by atoms with van der Waals surface area (Å²) in [6, 6.07) is 0.232. The average Bonchev–Trinajstić information content (AvgIpc) is 2.13. The summed E-state index contributed by atoms with van der Waals surface area (Å²) >= 11 is 0. The van der Waals surface area contributed by atoms with Gasteiger partial charge in [-0.15, -0.1) is 0 Å². The van der Waals surface area contributed by atoms with Gasteiger partial charge in [-0.1, -0.05) is 20.8 Å². The zero-order valence-electron chi connectivity index (χ0n) is 11.2. The van der Waals surface area contributed by atoms with Gasteiger partial charge in [-0.05, 0) is 31.0 Å². The first-order chi connectivity index (χ1) is 7.22. The van der Waals surface area contributed by atoms with Crippen LogP contribution in [0.15, 0.2) is 0 Å². The van der Waals surface area contributed by atoms with Crippen molar-refractivity contribution in [3.8, 4) is 0 Å². The smallest absolute Gasteiger partial charge is 0.220 e. The fourth-order valence-electron chi connectivity index (χ4n) is 1.53. The van der Waals surface area contributed by atoms with Gasteiger partial charge in [0.25, 0.3) is 0 Å². The molecular formula is C12H25NO2Si. The first-order valence-electron chi connectivity index (χ1n) is 6.16. The molecule has 1 amide bonds. The molecule has 0 aromatic carbocycles. The number of carbonyl (C=O) groups excluding carboxylic acids is 1. The standard InChI is InChI=1S/C12H25NO2Si/c1-12(2,3)16(4,5)15-9-10-7-6-8-11(14)13-10/h10H,6-9H2,1-5H3,(H,13,14). The molecule has 1 rings (SSSR count). The summed E-state index contributed by atoms with van der Waals surface area (Å²) in [5.74, 6) is 0.176. The summed E-state index contributed by atoms with van der Waals surface area (Å²) in [6.45, 7) is 11.9. The second kappa shape index (κ2) is 4.88. The summed E-state index contributed by atoms with van der Waals surface area (Å²) in [7, 11) is -1.66. The molecule has 94 valence electrons. The summed E-state index contributed by atoms with van der Waals surface area (Å²) in [4.78, 5) is 11.2. The Hall–Kier alpha value is -0.353. The summed E-state index contributed by atoms with van der Waals surface area (Å²) in [6.07, 6.45) is 2.73. The minimum atomic E-state index is -1.66. The number of carbonyl (C=O) groups is 1. The molecule has 1 N–H and O–H groups in total. The predicted molar refractivity (Wildman–Crippen MR) is 68.9 cm³/mol. The molecule has 0 saturated carbocycles. The maximum Gasteiger partial charge on any atom is 0.220 e. The summed E-state index contributed by atoms with van der Waals surface area (Å²) in [5, 5.41) is 3.24. The van der Waals surface area contributed by atoms with Crippen molar-refractivity contribution in [1.82, 2.24) is 5.32 Å². The van der Waals surface area contributed by atoms with Gasteiger partial charge in [-0.25, -0.2) is 0 Å². The molecule has 0 radical (unpaired) electrons. The van der Waals surface area contributed by atoms with Crippen LogP contribution in [0.5, 0.6) is 0 Å². The summed E-state index contributed by atoms with van der Waals surface area (Å²) in [5.41, 5.74) is 0. The van der Waals surface area contributed by atoms with Gasteiger partial charge in [-0.2, -0.15) is 0 Å². The molecule has 3 nitrogen and oxygen atoms in total. The van der Waals surface area contributed by atoms with Crippen molar-refractivity contribution in [3.05, 3.63) is 0 Å². The Morgan fingerprint density at radius 3 is 2.56 bits per heavy atom. The van der Waals surface area contributed by atoms with Crippen LogP contribution in [-0.4, -0.2) is 26.9 Å². The van der Waals surface area contributed by atoms with Gasteiger partial charge in [0.1, 0.15) is 0 Å². The molecule has 4 heteroatoms. The lowest BCUT2D eigenvalue weighted by molar-refractivity contribution is -0.123. The van der Waals surface area contributed by atoms with Gasteiger partial charge < -0.3 is 9.74 Å². The quantitative estimate of drug-likeness (QED) is 0.774. The van der Waals surface area contributed by atoms with Gasteiger partial charge in [-0.3, -0.25) is 4.79 Å². The van der Waals surface area contributed by atoms with E-state index in [1.54, 1.807) is 0 Å². The van der Waals surface area contributed by atoms with Crippen LogP contribution in [0.1, 0.15) is 40.0 Å². The third-order valence-electron chi connectivity index (χ3n) is 3.77. The second-order valence-electron chi connectivity index (χ2n) is 6.23. The minimum Gasteiger partial charge on any atom is -0.415 e. The van der Waals surface area contributed by atoms with E-state index < -0.39 is 8.32 Å². The van der Waals surface area contributed by atoms with Crippen LogP contribution in [-0.2, 0) is 9.22 Å². The number of rotatable bonds is 3. The lowest BCUT2D eigenvalue weighted by Gasteiger charge is -2.37. The van der Waals surface area contributed by atoms with E-state index in [1.807, 2.05) is 0 Å². The molecule has 0 aromatic heterocycles. The molecule has 1 aliphatic rings. The van der Waals surface area contributed by atoms with Crippen molar-refractivity contribution in [2.24, 2.45) is 0 Å². The first kappa shape index (κ1) is 13.7. The van der Waals surface area contributed by atoms with Crippen molar-refractivity contribution in [2.45, 2.75) is 64.2 Å². The van der Waals surface area contributed by atoms with E-state index in [2.05, 4.69) is 39.2 Å². The van der Waals surface area contributed by atoms with Gasteiger partial charge in [0.15, 0.2) is 8.32 Å². The molecule has 1 atom stereocenters. The van der Waals surface area contributed by atoms with E-state index in [0.717, 1.165) is 12.8 Å². The molecule has 16 heavy (non-hydrogen) atoms. The number of hydrogen-bond donors (Lipinski definition) is 1. The lowest BCUT2D eigenvalue weighted by Crippen LogP contribution is -2.47. The molecule has 0 bridgehead atoms. The van der Waals surface area contributed by atoms with E-state index in [0.29, 0.717) is 13.0 Å². The van der Waals surface area contributed by atoms with Crippen LogP contribution in [0.25, 0.3) is 0 Å². The third kappa shape index (κ3) is 3.59. The molecule has 1 heterocycles. The van der Waals surface area contributed by atoms with Crippen LogP contribution in [0, 0.1) is 0 Å². The van der Waals surface area contributed by atoms with Crippen LogP contribution in [0.3, 0.4) is 0 Å². The minimum absolute atomic E-state index is 0.176. The van der Waals surface area contributed by atoms with E-state index in [4.69, 9.17) is 4.43 Å². The van der Waals surface area contributed by atoms with Gasteiger partial charge >= 0.3 is 0 Å². The van der Waals surface area contributed by atoms with Crippen molar-refractivity contribution >= 4 is 14.2 Å². The Labute approximate surface area is 100 Å². The Morgan fingerprint density at radius 1 is 1.44 bits per heavy atom. The van der Waals surface area contributed by atoms with Crippen LogP contribution in [0.4, 0.5) is 0 Å². The molecule has 1 aliphatic heterocycles. The van der Waals surface area contributed by atoms with Crippen molar-refractivity contribution in [3.63, 3.8) is 0 Å². The Bertz CT molecular complexity index is 258. The molecule has 1 saturated heterocycles. The number of amides is 1. The molecule has 0 aliphatic carbocycles. The fourth-order valence-corrected chi connectivity index (χ4v) is 2.58. The van der Waals surface area contributed by atoms with E-state index in [9.17, 15) is 4.79 Å². The number of nitrogens with one attached hydrogen (secondary N) is 1. The van der Waals surface area contributed by atoms with Crippen molar-refractivity contribution in [1.29, 1.82) is 0 Å². The molecular weight excluding hydrogens is 218 g/mol. The van der Waals surface area contributed by atoms with E-state index in [-0.39, 0.29) is 17.0 Å². The predicted octanol–water partition coefficient (Wildman–Crippen LogP) is 2.68. The zero-order valence-corrected chi connectivity index (χ0v) is 12.2. The maximum absolute atomic E-state index is 11.2. The zero-order chi connectivity index (χ0) is 12.4. The number of piperidine rings is 1. The second-order valence-corrected chi connectivity index (χ2v) is 11.0. The van der Waals surface area contributed by atoms with E-state index >= 15 is 0 Å². The van der Waals surface area contributed by atoms with E-state index in [1.165, 1.54) is 0 Å². The average molecular weight is 243 g/mol. The van der Waals surface area contributed by atoms with Gasteiger partial charge in [0, 0.05) is 6.42 Å². The Kier molecular flexibility index (Phi) is 4.18. The Balaban J connectivity index is 2.42. The maximum atomic E-state index is 11.2. The summed E-state index contributed by atoms with van der Waals surface area (Å²) < 4.78 is 6.11. The highest BCUT2D eigenvalue weighted by Crippen LogP contribution is 2.36. The topological polar surface area (TPSA) is 38.3 Å². The monoisotopic (exact) mass is 243 g/mol. The highest BCUT2D eigenvalue weighted by atomic mass is 28.4. The van der Waals surface area contributed by atoms with Crippen LogP contribution >= 0.6 is 0 Å². The van der Waals surface area contributed by atoms with Crippen LogP contribution < -0.4 is 5.32 Å². The Morgan fingerprint density at radius 2 is 2.06 bits per heavy atom. The third-order valence-corrected chi connectivity index (χ3v) is 8.27. The largest absolute Gasteiger partial charge is 0.415 e. The molecule has 1 unspecified atom stereocenters. The van der Waals surface area contributed by atoms with Crippen LogP contribution in [0.2, 0.25) is 18.1 Å². The highest BCUT2D eigenvalue weighted by molar-refractivity contribution is 6.74. The number of hydrogen-bond acceptors (Lipinski definition) is 2. The fraction of sp³-hybridized carbons (Fsp3) is 0.917. The normalized spacial score (nSPS) is 23.1. The SMILES string of the molecule is CC(C)(C)[Si](C)(C)OCC1CCCC(=O)N1. The molecule has 0 aromatic rings. The molecule has 0 spiro atoms. The highest BCUT2D eigenvalue weighted by Gasteiger charge is 2.37. The van der Waals surface area contributed by atoms with Crippen molar-refractivity contribution < 1.29 is 9.22 Å². The van der Waals surface area contributed by atoms with Crippen molar-refractivity contribution in [2.75, 3.05) is 6.61 Å². The molecule has 1 fully saturated rings. The van der Waals surface area contributed by atoms with Gasteiger partial charge in [0.2, 0.25) is 5.91 Å². The lowest BCUT2D eigenvalue weighted by atomic mass is 10.1. The first-order valence-corrected chi connectivity index (χ1v) is 9.06.